The van der Waals surface area contributed by atoms with Crippen molar-refractivity contribution in [2.75, 3.05) is 12.4 Å². The van der Waals surface area contributed by atoms with E-state index in [4.69, 9.17) is 0 Å². The summed E-state index contributed by atoms with van der Waals surface area (Å²) in [7, 11) is 1.84. The van der Waals surface area contributed by atoms with E-state index in [1.165, 1.54) is 0 Å². The van der Waals surface area contributed by atoms with Gasteiger partial charge in [0, 0.05) is 18.8 Å². The van der Waals surface area contributed by atoms with E-state index in [1.54, 1.807) is 0 Å². The third-order valence-corrected chi connectivity index (χ3v) is 3.51. The number of rotatable bonds is 3. The van der Waals surface area contributed by atoms with Gasteiger partial charge in [0.05, 0.1) is 5.56 Å². The summed E-state index contributed by atoms with van der Waals surface area (Å²) >= 11 is 0. The maximum atomic E-state index is 12.2. The molecule has 3 nitrogen and oxygen atoms in total. The fourth-order valence-corrected chi connectivity index (χ4v) is 2.01. The molecule has 92 valence electrons. The van der Waals surface area contributed by atoms with Crippen LogP contribution >= 0.6 is 0 Å². The second kappa shape index (κ2) is 4.06. The molecule has 1 unspecified atom stereocenters. The molecular weight excluding hydrogens is 212 g/mol. The molecule has 17 heavy (non-hydrogen) atoms. The van der Waals surface area contributed by atoms with E-state index < -0.39 is 0 Å². The second-order valence-corrected chi connectivity index (χ2v) is 5.52. The first-order valence-electron chi connectivity index (χ1n) is 6.03. The van der Waals surface area contributed by atoms with Gasteiger partial charge in [0.25, 0.3) is 5.91 Å². The van der Waals surface area contributed by atoms with Gasteiger partial charge in [-0.05, 0) is 30.9 Å². The van der Waals surface area contributed by atoms with Gasteiger partial charge < -0.3 is 10.6 Å². The van der Waals surface area contributed by atoms with Gasteiger partial charge >= 0.3 is 0 Å². The minimum absolute atomic E-state index is 0.0219. The summed E-state index contributed by atoms with van der Waals surface area (Å²) in [5.74, 6) is 0.0219. The van der Waals surface area contributed by atoms with E-state index in [-0.39, 0.29) is 11.3 Å². The van der Waals surface area contributed by atoms with Crippen LogP contribution < -0.4 is 10.6 Å². The highest BCUT2D eigenvalue weighted by atomic mass is 16.1. The zero-order valence-electron chi connectivity index (χ0n) is 10.9. The summed E-state index contributed by atoms with van der Waals surface area (Å²) in [5.41, 5.74) is 2.98. The molecule has 0 spiro atoms. The number of anilines is 1. The van der Waals surface area contributed by atoms with Crippen LogP contribution in [0, 0.1) is 12.3 Å². The third kappa shape index (κ3) is 2.43. The van der Waals surface area contributed by atoms with Crippen molar-refractivity contribution >= 4 is 11.6 Å². The smallest absolute Gasteiger partial charge is 0.253 e. The van der Waals surface area contributed by atoms with E-state index in [1.807, 2.05) is 32.2 Å². The van der Waals surface area contributed by atoms with Crippen molar-refractivity contribution in [2.24, 2.45) is 5.41 Å². The fourth-order valence-electron chi connectivity index (χ4n) is 2.01. The van der Waals surface area contributed by atoms with Crippen molar-refractivity contribution in [1.29, 1.82) is 0 Å². The average Bonchev–Trinajstić information content (AvgIpc) is 2.85. The molecule has 0 aromatic heterocycles. The van der Waals surface area contributed by atoms with Gasteiger partial charge in [0.2, 0.25) is 0 Å². The molecule has 0 aliphatic heterocycles. The first-order chi connectivity index (χ1) is 7.94. The number of hydrogen-bond acceptors (Lipinski definition) is 2. The molecule has 3 heteroatoms. The third-order valence-electron chi connectivity index (χ3n) is 3.51. The van der Waals surface area contributed by atoms with Gasteiger partial charge in [-0.25, -0.2) is 0 Å². The van der Waals surface area contributed by atoms with Gasteiger partial charge in [0.1, 0.15) is 0 Å². The first kappa shape index (κ1) is 12.0. The zero-order chi connectivity index (χ0) is 12.6. The largest absolute Gasteiger partial charge is 0.387 e. The summed E-state index contributed by atoms with van der Waals surface area (Å²) in [5, 5.41) is 6.14. The Labute approximate surface area is 103 Å². The highest BCUT2D eigenvalue weighted by Crippen LogP contribution is 2.44. The number of aryl methyl sites for hydroxylation is 1. The lowest BCUT2D eigenvalue weighted by molar-refractivity contribution is 0.0947. The molecule has 0 heterocycles. The normalized spacial score (nSPS) is 20.8. The summed E-state index contributed by atoms with van der Waals surface area (Å²) in [4.78, 5) is 12.2. The maximum absolute atomic E-state index is 12.2. The zero-order valence-corrected chi connectivity index (χ0v) is 10.9. The lowest BCUT2D eigenvalue weighted by atomic mass is 10.1. The van der Waals surface area contributed by atoms with Gasteiger partial charge in [-0.2, -0.15) is 0 Å². The second-order valence-electron chi connectivity index (χ2n) is 5.52. The van der Waals surface area contributed by atoms with Crippen LogP contribution in [0.1, 0.15) is 36.2 Å². The highest BCUT2D eigenvalue weighted by molar-refractivity contribution is 6.00. The molecule has 1 atom stereocenters. The molecule has 2 N–H and O–H groups in total. The van der Waals surface area contributed by atoms with Crippen LogP contribution in [0.2, 0.25) is 0 Å². The van der Waals surface area contributed by atoms with Gasteiger partial charge in [-0.15, -0.1) is 0 Å². The molecule has 1 aromatic carbocycles. The van der Waals surface area contributed by atoms with Crippen molar-refractivity contribution < 1.29 is 4.79 Å². The number of carbonyl (C=O) groups is 1. The molecule has 1 aromatic rings. The number of hydrogen-bond donors (Lipinski definition) is 2. The Bertz CT molecular complexity index is 452. The molecule has 1 fully saturated rings. The standard InChI is InChI=1S/C14H20N2O/c1-9-5-6-11(15-4)10(7-9)13(17)16-12-8-14(12,2)3/h5-7,12,15H,8H2,1-4H3,(H,16,17). The number of benzene rings is 1. The predicted octanol–water partition coefficient (Wildman–Crippen LogP) is 2.57. The lowest BCUT2D eigenvalue weighted by Crippen LogP contribution is -2.29. The average molecular weight is 232 g/mol. The Kier molecular flexibility index (Phi) is 2.86. The lowest BCUT2D eigenvalue weighted by Gasteiger charge is -2.11. The molecule has 0 radical (unpaired) electrons. The number of nitrogens with one attached hydrogen (secondary N) is 2. The topological polar surface area (TPSA) is 41.1 Å². The predicted molar refractivity (Wildman–Crippen MR) is 70.4 cm³/mol. The molecule has 1 aliphatic carbocycles. The first-order valence-corrected chi connectivity index (χ1v) is 6.03. The summed E-state index contributed by atoms with van der Waals surface area (Å²) in [6.45, 7) is 6.34. The Balaban J connectivity index is 2.16. The van der Waals surface area contributed by atoms with Crippen molar-refractivity contribution in [2.45, 2.75) is 33.2 Å². The van der Waals surface area contributed by atoms with Crippen molar-refractivity contribution in [3.05, 3.63) is 29.3 Å². The molecule has 1 aliphatic rings. The van der Waals surface area contributed by atoms with Crippen LogP contribution in [0.25, 0.3) is 0 Å². The number of amides is 1. The van der Waals surface area contributed by atoms with Gasteiger partial charge in [0.15, 0.2) is 0 Å². The molecule has 1 saturated carbocycles. The minimum Gasteiger partial charge on any atom is -0.387 e. The Hall–Kier alpha value is -1.51. The van der Waals surface area contributed by atoms with E-state index in [0.717, 1.165) is 23.2 Å². The molecular formula is C14H20N2O. The molecule has 2 rings (SSSR count). The van der Waals surface area contributed by atoms with Crippen LogP contribution in [0.4, 0.5) is 5.69 Å². The Morgan fingerprint density at radius 1 is 1.41 bits per heavy atom. The summed E-state index contributed by atoms with van der Waals surface area (Å²) in [6, 6.07) is 6.20. The number of carbonyl (C=O) groups excluding carboxylic acids is 1. The minimum atomic E-state index is 0.0219. The van der Waals surface area contributed by atoms with Gasteiger partial charge in [-0.3, -0.25) is 4.79 Å². The molecule has 0 bridgehead atoms. The van der Waals surface area contributed by atoms with Crippen LogP contribution in [0.15, 0.2) is 18.2 Å². The maximum Gasteiger partial charge on any atom is 0.253 e. The quantitative estimate of drug-likeness (QED) is 0.841. The van der Waals surface area contributed by atoms with Crippen LogP contribution in [0.5, 0.6) is 0 Å². The monoisotopic (exact) mass is 232 g/mol. The molecule has 1 amide bonds. The molecule has 0 saturated heterocycles. The van der Waals surface area contributed by atoms with E-state index in [9.17, 15) is 4.79 Å². The van der Waals surface area contributed by atoms with Gasteiger partial charge in [-0.1, -0.05) is 25.5 Å². The van der Waals surface area contributed by atoms with E-state index >= 15 is 0 Å². The van der Waals surface area contributed by atoms with E-state index in [0.29, 0.717) is 6.04 Å². The van der Waals surface area contributed by atoms with E-state index in [2.05, 4.69) is 24.5 Å². The van der Waals surface area contributed by atoms with Crippen LogP contribution in [-0.4, -0.2) is 19.0 Å². The highest BCUT2D eigenvalue weighted by Gasteiger charge is 2.46. The van der Waals surface area contributed by atoms with Crippen molar-refractivity contribution in [1.82, 2.24) is 5.32 Å². The van der Waals surface area contributed by atoms with Crippen molar-refractivity contribution in [3.63, 3.8) is 0 Å². The fraction of sp³-hybridized carbons (Fsp3) is 0.500. The Morgan fingerprint density at radius 2 is 2.06 bits per heavy atom. The van der Waals surface area contributed by atoms with Crippen LogP contribution in [-0.2, 0) is 0 Å². The summed E-state index contributed by atoms with van der Waals surface area (Å²) < 4.78 is 0. The van der Waals surface area contributed by atoms with Crippen molar-refractivity contribution in [3.8, 4) is 0 Å². The SMILES string of the molecule is CNc1ccc(C)cc1C(=O)NC1CC1(C)C. The Morgan fingerprint density at radius 3 is 2.59 bits per heavy atom. The van der Waals surface area contributed by atoms with Crippen LogP contribution in [0.3, 0.4) is 0 Å². The summed E-state index contributed by atoms with van der Waals surface area (Å²) in [6.07, 6.45) is 1.07.